The number of nitrogens with zero attached hydrogens (tertiary/aromatic N) is 2. The molecule has 0 unspecified atom stereocenters. The van der Waals surface area contributed by atoms with E-state index in [0.717, 1.165) is 33.3 Å². The summed E-state index contributed by atoms with van der Waals surface area (Å²) in [5, 5.41) is 2.17. The summed E-state index contributed by atoms with van der Waals surface area (Å²) in [5.41, 5.74) is 4.84. The smallest absolute Gasteiger partial charge is 0.229 e. The summed E-state index contributed by atoms with van der Waals surface area (Å²) in [4.78, 5) is 19.5. The lowest BCUT2D eigenvalue weighted by atomic mass is 10.0. The maximum absolute atomic E-state index is 12.9. The predicted molar refractivity (Wildman–Crippen MR) is 126 cm³/mol. The Morgan fingerprint density at radius 2 is 1.33 bits per heavy atom. The predicted octanol–water partition coefficient (Wildman–Crippen LogP) is 6.59. The second-order valence-corrected chi connectivity index (χ2v) is 7.49. The van der Waals surface area contributed by atoms with Gasteiger partial charge in [-0.3, -0.25) is 9.69 Å². The molecule has 4 aromatic carbocycles. The zero-order chi connectivity index (χ0) is 21.1. The molecule has 0 aliphatic heterocycles. The molecule has 0 aliphatic rings. The van der Waals surface area contributed by atoms with Crippen LogP contribution in [-0.2, 0) is 4.79 Å². The number of anilines is 1. The minimum atomic E-state index is -0.0855. The number of amides is 1. The van der Waals surface area contributed by atoms with Crippen molar-refractivity contribution in [3.8, 4) is 0 Å². The Morgan fingerprint density at radius 3 is 2.00 bits per heavy atom. The van der Waals surface area contributed by atoms with Crippen LogP contribution in [0.15, 0.2) is 96.0 Å². The first-order valence-corrected chi connectivity index (χ1v) is 10.0. The fourth-order valence-electron chi connectivity index (χ4n) is 3.54. The molecule has 0 saturated heterocycles. The van der Waals surface area contributed by atoms with Gasteiger partial charge in [-0.15, -0.1) is 0 Å². The van der Waals surface area contributed by atoms with Crippen LogP contribution < -0.4 is 4.90 Å². The first-order valence-electron chi connectivity index (χ1n) is 10.0. The molecule has 0 heterocycles. The van der Waals surface area contributed by atoms with Crippen molar-refractivity contribution in [3.63, 3.8) is 0 Å². The number of carbonyl (C=O) groups excluding carboxylic acids is 1. The molecule has 30 heavy (non-hydrogen) atoms. The van der Waals surface area contributed by atoms with Crippen LogP contribution in [0.5, 0.6) is 0 Å². The quantitative estimate of drug-likeness (QED) is 0.286. The van der Waals surface area contributed by atoms with Crippen LogP contribution in [0.3, 0.4) is 0 Å². The van der Waals surface area contributed by atoms with Crippen molar-refractivity contribution < 1.29 is 4.79 Å². The highest BCUT2D eigenvalue weighted by Gasteiger charge is 2.22. The van der Waals surface area contributed by atoms with Crippen LogP contribution in [0.2, 0.25) is 0 Å². The minimum absolute atomic E-state index is 0.0855. The first kappa shape index (κ1) is 19.6. The Hall–Kier alpha value is -3.72. The third kappa shape index (κ3) is 4.01. The van der Waals surface area contributed by atoms with Crippen LogP contribution in [0, 0.1) is 13.8 Å². The standard InChI is InChI=1S/C27H24N2O/c1-19-11-15-23(16-12-19)28-27(26-10-6-8-22-7-4-5-9-25(22)26)29(21(3)30)24-17-13-20(2)14-18-24/h4-18H,1-3H3. The zero-order valence-electron chi connectivity index (χ0n) is 17.5. The highest BCUT2D eigenvalue weighted by Crippen LogP contribution is 2.27. The van der Waals surface area contributed by atoms with Crippen molar-refractivity contribution in [2.75, 3.05) is 4.90 Å². The summed E-state index contributed by atoms with van der Waals surface area (Å²) >= 11 is 0. The zero-order valence-corrected chi connectivity index (χ0v) is 17.5. The molecule has 0 radical (unpaired) electrons. The van der Waals surface area contributed by atoms with Gasteiger partial charge in [-0.2, -0.15) is 0 Å². The molecule has 0 aromatic heterocycles. The van der Waals surface area contributed by atoms with Crippen molar-refractivity contribution in [2.24, 2.45) is 4.99 Å². The van der Waals surface area contributed by atoms with Gasteiger partial charge in [0, 0.05) is 12.5 Å². The van der Waals surface area contributed by atoms with Crippen molar-refractivity contribution in [1.82, 2.24) is 0 Å². The fourth-order valence-corrected chi connectivity index (χ4v) is 3.54. The molecule has 148 valence electrons. The molecule has 0 aliphatic carbocycles. The van der Waals surface area contributed by atoms with Crippen molar-refractivity contribution in [3.05, 3.63) is 108 Å². The molecule has 0 spiro atoms. The number of aliphatic imine (C=N–C) groups is 1. The average molecular weight is 393 g/mol. The Balaban J connectivity index is 1.98. The molecule has 1 amide bonds. The van der Waals surface area contributed by atoms with Crippen molar-refractivity contribution >= 4 is 33.9 Å². The van der Waals surface area contributed by atoms with Gasteiger partial charge in [-0.05, 0) is 48.9 Å². The van der Waals surface area contributed by atoms with Crippen LogP contribution in [0.1, 0.15) is 23.6 Å². The van der Waals surface area contributed by atoms with Crippen molar-refractivity contribution in [2.45, 2.75) is 20.8 Å². The lowest BCUT2D eigenvalue weighted by Crippen LogP contribution is -2.36. The van der Waals surface area contributed by atoms with Crippen molar-refractivity contribution in [1.29, 1.82) is 0 Å². The van der Waals surface area contributed by atoms with E-state index in [-0.39, 0.29) is 5.91 Å². The normalized spacial score (nSPS) is 11.5. The highest BCUT2D eigenvalue weighted by molar-refractivity contribution is 6.27. The van der Waals surface area contributed by atoms with Crippen LogP contribution in [-0.4, -0.2) is 11.7 Å². The van der Waals surface area contributed by atoms with Gasteiger partial charge in [0.25, 0.3) is 0 Å². The molecule has 0 bridgehead atoms. The lowest BCUT2D eigenvalue weighted by molar-refractivity contribution is -0.115. The Labute approximate surface area is 177 Å². The van der Waals surface area contributed by atoms with Gasteiger partial charge in [-0.25, -0.2) is 4.99 Å². The van der Waals surface area contributed by atoms with Gasteiger partial charge in [0.1, 0.15) is 5.84 Å². The van der Waals surface area contributed by atoms with E-state index >= 15 is 0 Å². The number of aryl methyl sites for hydroxylation is 2. The Morgan fingerprint density at radius 1 is 0.733 bits per heavy atom. The molecule has 0 N–H and O–H groups in total. The molecule has 0 atom stereocenters. The Kier molecular flexibility index (Phi) is 5.44. The molecule has 0 saturated carbocycles. The van der Waals surface area contributed by atoms with Gasteiger partial charge >= 0.3 is 0 Å². The minimum Gasteiger partial charge on any atom is -0.274 e. The van der Waals surface area contributed by atoms with E-state index in [1.165, 1.54) is 5.56 Å². The number of benzene rings is 4. The third-order valence-electron chi connectivity index (χ3n) is 5.12. The van der Waals surface area contributed by atoms with E-state index in [2.05, 4.69) is 18.2 Å². The highest BCUT2D eigenvalue weighted by atomic mass is 16.2. The van der Waals surface area contributed by atoms with Gasteiger partial charge < -0.3 is 0 Å². The topological polar surface area (TPSA) is 32.7 Å². The first-order chi connectivity index (χ1) is 14.5. The molecular formula is C27H24N2O. The monoisotopic (exact) mass is 392 g/mol. The summed E-state index contributed by atoms with van der Waals surface area (Å²) in [6.45, 7) is 5.66. The SMILES string of the molecule is CC(=O)N(C(=Nc1ccc(C)cc1)c1cccc2ccccc12)c1ccc(C)cc1. The van der Waals surface area contributed by atoms with E-state index in [0.29, 0.717) is 5.84 Å². The van der Waals surface area contributed by atoms with E-state index in [9.17, 15) is 4.79 Å². The maximum atomic E-state index is 12.9. The number of hydrogen-bond acceptors (Lipinski definition) is 2. The summed E-state index contributed by atoms with van der Waals surface area (Å²) in [5.74, 6) is 0.532. The number of hydrogen-bond donors (Lipinski definition) is 0. The summed E-state index contributed by atoms with van der Waals surface area (Å²) in [6.07, 6.45) is 0. The molecule has 3 nitrogen and oxygen atoms in total. The molecule has 0 fully saturated rings. The molecular weight excluding hydrogens is 368 g/mol. The van der Waals surface area contributed by atoms with Crippen LogP contribution >= 0.6 is 0 Å². The Bertz CT molecular complexity index is 1220. The van der Waals surface area contributed by atoms with E-state index < -0.39 is 0 Å². The molecule has 4 rings (SSSR count). The molecule has 4 aromatic rings. The second kappa shape index (κ2) is 8.34. The van der Waals surface area contributed by atoms with Gasteiger partial charge in [0.05, 0.1) is 11.4 Å². The van der Waals surface area contributed by atoms with Gasteiger partial charge in [0.2, 0.25) is 5.91 Å². The number of fused-ring (bicyclic) bond motifs is 1. The number of amidine groups is 1. The van der Waals surface area contributed by atoms with E-state index in [1.54, 1.807) is 11.8 Å². The van der Waals surface area contributed by atoms with Crippen LogP contribution in [0.4, 0.5) is 11.4 Å². The number of rotatable bonds is 3. The van der Waals surface area contributed by atoms with Gasteiger partial charge in [-0.1, -0.05) is 77.9 Å². The maximum Gasteiger partial charge on any atom is 0.229 e. The van der Waals surface area contributed by atoms with Crippen LogP contribution in [0.25, 0.3) is 10.8 Å². The largest absolute Gasteiger partial charge is 0.274 e. The second-order valence-electron chi connectivity index (χ2n) is 7.49. The van der Waals surface area contributed by atoms with Gasteiger partial charge in [0.15, 0.2) is 0 Å². The number of carbonyl (C=O) groups is 1. The van der Waals surface area contributed by atoms with E-state index in [4.69, 9.17) is 4.99 Å². The summed E-state index contributed by atoms with van der Waals surface area (Å²) < 4.78 is 0. The fraction of sp³-hybridized carbons (Fsp3) is 0.111. The molecule has 3 heteroatoms. The summed E-state index contributed by atoms with van der Waals surface area (Å²) in [6, 6.07) is 30.3. The average Bonchev–Trinajstić information content (AvgIpc) is 2.75. The van der Waals surface area contributed by atoms with E-state index in [1.807, 2.05) is 86.6 Å². The lowest BCUT2D eigenvalue weighted by Gasteiger charge is -2.24. The summed E-state index contributed by atoms with van der Waals surface area (Å²) in [7, 11) is 0. The third-order valence-corrected chi connectivity index (χ3v) is 5.12.